The Hall–Kier alpha value is -0.740. The maximum Gasteiger partial charge on any atom is 0.123 e. The van der Waals surface area contributed by atoms with Gasteiger partial charge in [-0.2, -0.15) is 0 Å². The fourth-order valence-electron chi connectivity index (χ4n) is 1.34. The van der Waals surface area contributed by atoms with Crippen molar-refractivity contribution in [3.63, 3.8) is 0 Å². The molecule has 0 aliphatic heterocycles. The first-order valence-corrected chi connectivity index (χ1v) is 7.08. The molecule has 0 aliphatic rings. The van der Waals surface area contributed by atoms with Crippen LogP contribution in [0, 0.1) is 5.82 Å². The Labute approximate surface area is 98.7 Å². The summed E-state index contributed by atoms with van der Waals surface area (Å²) in [5.41, 5.74) is 1.06. The van der Waals surface area contributed by atoms with E-state index in [-0.39, 0.29) is 5.82 Å². The summed E-state index contributed by atoms with van der Waals surface area (Å²) in [6, 6.07) is 6.79. The maximum atomic E-state index is 12.6. The van der Waals surface area contributed by atoms with Gasteiger partial charge in [0.15, 0.2) is 0 Å². The van der Waals surface area contributed by atoms with Gasteiger partial charge in [0.1, 0.15) is 5.82 Å². The minimum atomic E-state index is -0.727. The lowest BCUT2D eigenvalue weighted by molar-refractivity contribution is 0.534. The Morgan fingerprint density at radius 2 is 2.00 bits per heavy atom. The molecule has 0 amide bonds. The molecule has 0 unspecified atom stereocenters. The van der Waals surface area contributed by atoms with E-state index in [0.29, 0.717) is 6.04 Å². The summed E-state index contributed by atoms with van der Waals surface area (Å²) in [5.74, 6) is 0.510. The second kappa shape index (κ2) is 6.76. The van der Waals surface area contributed by atoms with Crippen LogP contribution in [0.4, 0.5) is 4.39 Å². The number of benzene rings is 1. The Morgan fingerprint density at radius 3 is 2.56 bits per heavy atom. The van der Waals surface area contributed by atoms with E-state index in [1.165, 1.54) is 12.1 Å². The molecule has 1 aromatic carbocycles. The second-order valence-corrected chi connectivity index (χ2v) is 5.53. The van der Waals surface area contributed by atoms with Crippen LogP contribution in [0.1, 0.15) is 18.9 Å². The Bertz CT molecular complexity index is 339. The van der Waals surface area contributed by atoms with Gasteiger partial charge in [0.2, 0.25) is 0 Å². The minimum absolute atomic E-state index is 0.210. The molecule has 1 aromatic rings. The van der Waals surface area contributed by atoms with Gasteiger partial charge in [0.05, 0.1) is 0 Å². The Kier molecular flexibility index (Phi) is 5.63. The molecule has 0 spiro atoms. The molecule has 0 bridgehead atoms. The molecule has 0 aliphatic carbocycles. The predicted molar refractivity (Wildman–Crippen MR) is 66.3 cm³/mol. The summed E-state index contributed by atoms with van der Waals surface area (Å²) in [4.78, 5) is 0. The van der Waals surface area contributed by atoms with E-state index in [9.17, 15) is 8.60 Å². The van der Waals surface area contributed by atoms with Gasteiger partial charge in [0.25, 0.3) is 0 Å². The molecular formula is C12H18FNOS. The van der Waals surface area contributed by atoms with Crippen molar-refractivity contribution in [2.24, 2.45) is 0 Å². The van der Waals surface area contributed by atoms with E-state index in [1.807, 2.05) is 0 Å². The Balaban J connectivity index is 2.28. The first-order valence-electron chi connectivity index (χ1n) is 5.36. The van der Waals surface area contributed by atoms with Crippen molar-refractivity contribution in [2.75, 3.05) is 12.0 Å². The monoisotopic (exact) mass is 243 g/mol. The highest BCUT2D eigenvalue weighted by Crippen LogP contribution is 2.03. The zero-order valence-electron chi connectivity index (χ0n) is 9.70. The lowest BCUT2D eigenvalue weighted by Gasteiger charge is -2.12. The number of halogens is 1. The van der Waals surface area contributed by atoms with Gasteiger partial charge >= 0.3 is 0 Å². The predicted octanol–water partition coefficient (Wildman–Crippen LogP) is 2.07. The van der Waals surface area contributed by atoms with E-state index in [1.54, 1.807) is 18.4 Å². The van der Waals surface area contributed by atoms with Gasteiger partial charge in [-0.3, -0.25) is 4.21 Å². The minimum Gasteiger partial charge on any atom is -0.310 e. The van der Waals surface area contributed by atoms with Crippen molar-refractivity contribution in [2.45, 2.75) is 25.9 Å². The summed E-state index contributed by atoms with van der Waals surface area (Å²) < 4.78 is 23.5. The van der Waals surface area contributed by atoms with Crippen LogP contribution in [0.3, 0.4) is 0 Å². The number of hydrogen-bond donors (Lipinski definition) is 1. The van der Waals surface area contributed by atoms with E-state index < -0.39 is 10.8 Å². The largest absolute Gasteiger partial charge is 0.310 e. The SMILES string of the molecule is C[C@H](CC[S@](C)=O)NCc1ccc(F)cc1. The van der Waals surface area contributed by atoms with Crippen molar-refractivity contribution in [1.82, 2.24) is 5.32 Å². The summed E-state index contributed by atoms with van der Waals surface area (Å²) in [5, 5.41) is 3.32. The van der Waals surface area contributed by atoms with Crippen LogP contribution in [0.15, 0.2) is 24.3 Å². The van der Waals surface area contributed by atoms with Gasteiger partial charge in [-0.15, -0.1) is 0 Å². The molecule has 0 saturated carbocycles. The van der Waals surface area contributed by atoms with Gasteiger partial charge in [0, 0.05) is 35.4 Å². The molecule has 1 rings (SSSR count). The van der Waals surface area contributed by atoms with Crippen LogP contribution in [0.5, 0.6) is 0 Å². The summed E-state index contributed by atoms with van der Waals surface area (Å²) in [7, 11) is -0.727. The van der Waals surface area contributed by atoms with Gasteiger partial charge in [-0.1, -0.05) is 12.1 Å². The third-order valence-corrected chi connectivity index (χ3v) is 3.22. The maximum absolute atomic E-state index is 12.6. The van der Waals surface area contributed by atoms with Crippen molar-refractivity contribution < 1.29 is 8.60 Å². The molecule has 4 heteroatoms. The highest BCUT2D eigenvalue weighted by atomic mass is 32.2. The number of hydrogen-bond acceptors (Lipinski definition) is 2. The van der Waals surface area contributed by atoms with Crippen molar-refractivity contribution in [3.05, 3.63) is 35.6 Å². The lowest BCUT2D eigenvalue weighted by atomic mass is 10.2. The summed E-state index contributed by atoms with van der Waals surface area (Å²) in [6.45, 7) is 2.79. The first kappa shape index (κ1) is 13.3. The van der Waals surface area contributed by atoms with Crippen LogP contribution in [0.25, 0.3) is 0 Å². The topological polar surface area (TPSA) is 29.1 Å². The van der Waals surface area contributed by atoms with Crippen molar-refractivity contribution in [3.8, 4) is 0 Å². The molecule has 2 atom stereocenters. The highest BCUT2D eigenvalue weighted by Gasteiger charge is 2.02. The van der Waals surface area contributed by atoms with E-state index in [2.05, 4.69) is 12.2 Å². The fourth-order valence-corrected chi connectivity index (χ4v) is 2.02. The fraction of sp³-hybridized carbons (Fsp3) is 0.500. The van der Waals surface area contributed by atoms with Gasteiger partial charge < -0.3 is 5.32 Å². The average Bonchev–Trinajstić information content (AvgIpc) is 2.25. The smallest absolute Gasteiger partial charge is 0.123 e. The third-order valence-electron chi connectivity index (χ3n) is 2.41. The number of rotatable bonds is 6. The molecule has 0 heterocycles. The Morgan fingerprint density at radius 1 is 1.38 bits per heavy atom. The first-order chi connectivity index (χ1) is 7.58. The summed E-state index contributed by atoms with van der Waals surface area (Å²) in [6.07, 6.45) is 2.61. The van der Waals surface area contributed by atoms with Crippen molar-refractivity contribution >= 4 is 10.8 Å². The molecule has 0 radical (unpaired) electrons. The molecule has 0 saturated heterocycles. The molecule has 2 nitrogen and oxygen atoms in total. The van der Waals surface area contributed by atoms with Crippen LogP contribution in [-0.4, -0.2) is 22.3 Å². The second-order valence-electron chi connectivity index (χ2n) is 3.97. The molecule has 0 aromatic heterocycles. The normalized spacial score (nSPS) is 14.7. The van der Waals surface area contributed by atoms with Crippen LogP contribution in [0.2, 0.25) is 0 Å². The molecular weight excluding hydrogens is 225 g/mol. The average molecular weight is 243 g/mol. The van der Waals surface area contributed by atoms with E-state index >= 15 is 0 Å². The van der Waals surface area contributed by atoms with Crippen LogP contribution < -0.4 is 5.32 Å². The van der Waals surface area contributed by atoms with Crippen LogP contribution >= 0.6 is 0 Å². The standard InChI is InChI=1S/C12H18FNOS/c1-10(7-8-16(2)15)14-9-11-3-5-12(13)6-4-11/h3-6,10,14H,7-9H2,1-2H3/t10-,16+/m1/s1. The van der Waals surface area contributed by atoms with Gasteiger partial charge in [-0.05, 0) is 31.0 Å². The number of nitrogens with one attached hydrogen (secondary N) is 1. The quantitative estimate of drug-likeness (QED) is 0.828. The zero-order chi connectivity index (χ0) is 12.0. The molecule has 1 N–H and O–H groups in total. The van der Waals surface area contributed by atoms with E-state index in [4.69, 9.17) is 0 Å². The summed E-state index contributed by atoms with van der Waals surface area (Å²) >= 11 is 0. The third kappa shape index (κ3) is 5.37. The zero-order valence-corrected chi connectivity index (χ0v) is 10.5. The highest BCUT2D eigenvalue weighted by molar-refractivity contribution is 7.84. The van der Waals surface area contributed by atoms with Crippen LogP contribution in [-0.2, 0) is 17.3 Å². The van der Waals surface area contributed by atoms with E-state index in [0.717, 1.165) is 24.3 Å². The van der Waals surface area contributed by atoms with Crippen molar-refractivity contribution in [1.29, 1.82) is 0 Å². The molecule has 16 heavy (non-hydrogen) atoms. The molecule has 90 valence electrons. The van der Waals surface area contributed by atoms with Gasteiger partial charge in [-0.25, -0.2) is 4.39 Å². The lowest BCUT2D eigenvalue weighted by Crippen LogP contribution is -2.26. The molecule has 0 fully saturated rings.